The van der Waals surface area contributed by atoms with E-state index in [1.807, 2.05) is 44.2 Å². The molecule has 0 bridgehead atoms. The molecule has 0 unspecified atom stereocenters. The fourth-order valence-corrected chi connectivity index (χ4v) is 2.75. The van der Waals surface area contributed by atoms with Gasteiger partial charge in [-0.3, -0.25) is 4.99 Å². The second kappa shape index (κ2) is 9.38. The molecular formula is C23H21ClFNO2. The van der Waals surface area contributed by atoms with Crippen molar-refractivity contribution in [2.24, 2.45) is 4.99 Å². The van der Waals surface area contributed by atoms with Crippen molar-refractivity contribution in [1.82, 2.24) is 0 Å². The summed E-state index contributed by atoms with van der Waals surface area (Å²) in [6, 6.07) is 17.7. The predicted octanol–water partition coefficient (Wildman–Crippen LogP) is 6.52. The van der Waals surface area contributed by atoms with E-state index in [2.05, 4.69) is 4.99 Å². The number of rotatable bonds is 7. The second-order valence-electron chi connectivity index (χ2n) is 6.21. The van der Waals surface area contributed by atoms with Gasteiger partial charge in [0.1, 0.15) is 12.4 Å². The second-order valence-corrected chi connectivity index (χ2v) is 6.62. The van der Waals surface area contributed by atoms with Crippen LogP contribution in [0.5, 0.6) is 11.5 Å². The molecule has 144 valence electrons. The molecule has 0 saturated heterocycles. The number of hydrogen-bond donors (Lipinski definition) is 0. The molecule has 3 aromatic rings. The van der Waals surface area contributed by atoms with Crippen molar-refractivity contribution < 1.29 is 13.9 Å². The largest absolute Gasteiger partial charge is 0.490 e. The number of aryl methyl sites for hydroxylation is 1. The minimum atomic E-state index is -0.291. The highest BCUT2D eigenvalue weighted by Gasteiger charge is 2.08. The van der Waals surface area contributed by atoms with Gasteiger partial charge < -0.3 is 9.47 Å². The monoisotopic (exact) mass is 397 g/mol. The molecule has 0 radical (unpaired) electrons. The molecule has 0 fully saturated rings. The number of benzene rings is 3. The maximum atomic E-state index is 13.8. The molecule has 0 aliphatic rings. The van der Waals surface area contributed by atoms with Gasteiger partial charge in [-0.2, -0.15) is 0 Å². The van der Waals surface area contributed by atoms with E-state index in [9.17, 15) is 4.39 Å². The zero-order valence-electron chi connectivity index (χ0n) is 15.8. The third-order valence-corrected chi connectivity index (χ3v) is 4.53. The Morgan fingerprint density at radius 1 is 1.00 bits per heavy atom. The fourth-order valence-electron chi connectivity index (χ4n) is 2.57. The summed E-state index contributed by atoms with van der Waals surface area (Å²) < 4.78 is 25.2. The Balaban J connectivity index is 1.77. The van der Waals surface area contributed by atoms with E-state index in [0.717, 1.165) is 16.8 Å². The van der Waals surface area contributed by atoms with Crippen LogP contribution in [-0.2, 0) is 6.61 Å². The molecule has 28 heavy (non-hydrogen) atoms. The lowest BCUT2D eigenvalue weighted by Crippen LogP contribution is -2.01. The summed E-state index contributed by atoms with van der Waals surface area (Å²) >= 11 is 6.14. The van der Waals surface area contributed by atoms with Crippen molar-refractivity contribution in [3.8, 4) is 11.5 Å². The van der Waals surface area contributed by atoms with Crippen molar-refractivity contribution in [2.45, 2.75) is 20.5 Å². The molecule has 3 rings (SSSR count). The van der Waals surface area contributed by atoms with Gasteiger partial charge in [0, 0.05) is 16.8 Å². The van der Waals surface area contributed by atoms with E-state index in [-0.39, 0.29) is 12.4 Å². The number of halogens is 2. The van der Waals surface area contributed by atoms with E-state index < -0.39 is 0 Å². The van der Waals surface area contributed by atoms with Crippen LogP contribution in [0.1, 0.15) is 23.6 Å². The summed E-state index contributed by atoms with van der Waals surface area (Å²) in [4.78, 5) is 4.46. The first-order chi connectivity index (χ1) is 13.6. The molecule has 0 amide bonds. The third-order valence-electron chi connectivity index (χ3n) is 4.13. The molecule has 5 heteroatoms. The first kappa shape index (κ1) is 19.9. The van der Waals surface area contributed by atoms with Crippen LogP contribution in [0.2, 0.25) is 5.02 Å². The minimum absolute atomic E-state index is 0.127. The number of aliphatic imine (C=N–C) groups is 1. The van der Waals surface area contributed by atoms with Gasteiger partial charge in [0.2, 0.25) is 0 Å². The zero-order chi connectivity index (χ0) is 19.9. The Morgan fingerprint density at radius 3 is 2.57 bits per heavy atom. The van der Waals surface area contributed by atoms with Crippen molar-refractivity contribution >= 4 is 23.5 Å². The molecule has 0 N–H and O–H groups in total. The number of ether oxygens (including phenoxy) is 2. The normalized spacial score (nSPS) is 11.0. The van der Waals surface area contributed by atoms with Crippen molar-refractivity contribution in [3.63, 3.8) is 0 Å². The Bertz CT molecular complexity index is 988. The van der Waals surface area contributed by atoms with Crippen LogP contribution >= 0.6 is 11.6 Å². The molecule has 3 nitrogen and oxygen atoms in total. The molecule has 0 saturated carbocycles. The highest BCUT2D eigenvalue weighted by Crippen LogP contribution is 2.29. The molecule has 0 atom stereocenters. The summed E-state index contributed by atoms with van der Waals surface area (Å²) in [7, 11) is 0. The van der Waals surface area contributed by atoms with Gasteiger partial charge in [-0.25, -0.2) is 4.39 Å². The van der Waals surface area contributed by atoms with Gasteiger partial charge in [0.25, 0.3) is 0 Å². The smallest absolute Gasteiger partial charge is 0.161 e. The van der Waals surface area contributed by atoms with Gasteiger partial charge >= 0.3 is 0 Å². The molecule has 3 aromatic carbocycles. The third kappa shape index (κ3) is 5.11. The summed E-state index contributed by atoms with van der Waals surface area (Å²) in [5.41, 5.74) is 3.13. The predicted molar refractivity (Wildman–Crippen MR) is 112 cm³/mol. The fraction of sp³-hybridized carbons (Fsp3) is 0.174. The molecule has 0 aliphatic carbocycles. The van der Waals surface area contributed by atoms with E-state index in [0.29, 0.717) is 28.7 Å². The summed E-state index contributed by atoms with van der Waals surface area (Å²) in [5, 5.41) is 0.682. The Labute approximate surface area is 169 Å². The average molecular weight is 398 g/mol. The van der Waals surface area contributed by atoms with Crippen LogP contribution in [0, 0.1) is 12.7 Å². The molecular weight excluding hydrogens is 377 g/mol. The van der Waals surface area contributed by atoms with Crippen LogP contribution in [0.25, 0.3) is 0 Å². The lowest BCUT2D eigenvalue weighted by atomic mass is 10.2. The summed E-state index contributed by atoms with van der Waals surface area (Å²) in [6.07, 6.45) is 1.74. The topological polar surface area (TPSA) is 30.8 Å². The molecule has 0 heterocycles. The van der Waals surface area contributed by atoms with Crippen molar-refractivity contribution in [1.29, 1.82) is 0 Å². The van der Waals surface area contributed by atoms with Crippen LogP contribution in [0.4, 0.5) is 10.1 Å². The molecule has 0 spiro atoms. The van der Waals surface area contributed by atoms with Gasteiger partial charge in [0.05, 0.1) is 12.3 Å². The SMILES string of the molecule is CCOc1cc(C=Nc2ccc(C)c(Cl)c2)ccc1OCc1ccccc1F. The minimum Gasteiger partial charge on any atom is -0.490 e. The standard InChI is InChI=1S/C23H21ClFNO2/c1-3-27-23-12-17(14-26-19-10-8-16(2)20(24)13-19)9-11-22(23)28-15-18-6-4-5-7-21(18)25/h4-14H,3,15H2,1-2H3. The van der Waals surface area contributed by atoms with Crippen molar-refractivity contribution in [2.75, 3.05) is 6.61 Å². The lowest BCUT2D eigenvalue weighted by molar-refractivity contribution is 0.266. The van der Waals surface area contributed by atoms with E-state index in [1.54, 1.807) is 30.5 Å². The number of hydrogen-bond acceptors (Lipinski definition) is 3. The summed E-state index contributed by atoms with van der Waals surface area (Å²) in [5.74, 6) is 0.853. The van der Waals surface area contributed by atoms with Crippen LogP contribution in [0.15, 0.2) is 65.7 Å². The van der Waals surface area contributed by atoms with Crippen LogP contribution in [-0.4, -0.2) is 12.8 Å². The van der Waals surface area contributed by atoms with Gasteiger partial charge in [-0.15, -0.1) is 0 Å². The van der Waals surface area contributed by atoms with Gasteiger partial charge in [-0.05, 0) is 61.4 Å². The van der Waals surface area contributed by atoms with E-state index in [1.165, 1.54) is 6.07 Å². The zero-order valence-corrected chi connectivity index (χ0v) is 16.5. The highest BCUT2D eigenvalue weighted by molar-refractivity contribution is 6.31. The molecule has 0 aromatic heterocycles. The lowest BCUT2D eigenvalue weighted by Gasteiger charge is -2.13. The van der Waals surface area contributed by atoms with E-state index in [4.69, 9.17) is 21.1 Å². The molecule has 0 aliphatic heterocycles. The van der Waals surface area contributed by atoms with Crippen LogP contribution < -0.4 is 9.47 Å². The maximum absolute atomic E-state index is 13.8. The Morgan fingerprint density at radius 2 is 1.82 bits per heavy atom. The first-order valence-electron chi connectivity index (χ1n) is 9.00. The average Bonchev–Trinajstić information content (AvgIpc) is 2.69. The van der Waals surface area contributed by atoms with Crippen LogP contribution in [0.3, 0.4) is 0 Å². The Hall–Kier alpha value is -2.85. The van der Waals surface area contributed by atoms with E-state index >= 15 is 0 Å². The quantitative estimate of drug-likeness (QED) is 0.425. The van der Waals surface area contributed by atoms with Crippen molar-refractivity contribution in [3.05, 3.63) is 88.2 Å². The number of nitrogens with zero attached hydrogens (tertiary/aromatic N) is 1. The highest BCUT2D eigenvalue weighted by atomic mass is 35.5. The van der Waals surface area contributed by atoms with Gasteiger partial charge in [0.15, 0.2) is 11.5 Å². The maximum Gasteiger partial charge on any atom is 0.161 e. The van der Waals surface area contributed by atoms with Gasteiger partial charge in [-0.1, -0.05) is 35.9 Å². The summed E-state index contributed by atoms with van der Waals surface area (Å²) in [6.45, 7) is 4.46. The first-order valence-corrected chi connectivity index (χ1v) is 9.38. The Kier molecular flexibility index (Phi) is 6.66.